The number of carbonyl (C=O) groups excluding carboxylic acids is 1. The zero-order valence-corrected chi connectivity index (χ0v) is 16.4. The van der Waals surface area contributed by atoms with Crippen molar-refractivity contribution in [2.75, 3.05) is 37.9 Å². The average Bonchev–Trinajstić information content (AvgIpc) is 3.37. The Bertz CT molecular complexity index is 1120. The minimum atomic E-state index is 0.0709. The summed E-state index contributed by atoms with van der Waals surface area (Å²) in [6, 6.07) is 11.6. The molecule has 0 atom stereocenters. The maximum Gasteiger partial charge on any atom is 0.263 e. The van der Waals surface area contributed by atoms with Crippen LogP contribution < -0.4 is 14.4 Å². The minimum Gasteiger partial charge on any atom is -0.454 e. The highest BCUT2D eigenvalue weighted by Gasteiger charge is 2.24. The molecule has 2 aromatic heterocycles. The lowest BCUT2D eigenvalue weighted by molar-refractivity contribution is 0.0772. The highest BCUT2D eigenvalue weighted by molar-refractivity contribution is 7.12. The predicted octanol–water partition coefficient (Wildman–Crippen LogP) is 3.25. The number of nitrogens with zero attached hydrogens (tertiary/aromatic N) is 4. The van der Waals surface area contributed by atoms with Gasteiger partial charge in [0.1, 0.15) is 11.9 Å². The van der Waals surface area contributed by atoms with Gasteiger partial charge in [0, 0.05) is 37.6 Å². The van der Waals surface area contributed by atoms with Crippen LogP contribution in [0.5, 0.6) is 11.5 Å². The van der Waals surface area contributed by atoms with E-state index in [1.165, 1.54) is 11.3 Å². The quantitative estimate of drug-likeness (QED) is 0.650. The fourth-order valence-electron chi connectivity index (χ4n) is 3.77. The zero-order chi connectivity index (χ0) is 19.8. The Hall–Kier alpha value is -3.31. The van der Waals surface area contributed by atoms with Crippen LogP contribution >= 0.6 is 11.3 Å². The first-order valence-electron chi connectivity index (χ1n) is 9.45. The Morgan fingerprint density at radius 3 is 2.79 bits per heavy atom. The molecule has 1 saturated heterocycles. The molecule has 1 amide bonds. The van der Waals surface area contributed by atoms with Crippen LogP contribution in [0.15, 0.2) is 35.7 Å². The van der Waals surface area contributed by atoms with E-state index < -0.39 is 0 Å². The number of ether oxygens (including phenoxy) is 2. The van der Waals surface area contributed by atoms with E-state index in [0.717, 1.165) is 28.7 Å². The molecule has 3 aromatic rings. The van der Waals surface area contributed by atoms with Crippen molar-refractivity contribution in [1.82, 2.24) is 9.88 Å². The minimum absolute atomic E-state index is 0.0709. The Morgan fingerprint density at radius 2 is 2.00 bits per heavy atom. The van der Waals surface area contributed by atoms with Crippen molar-refractivity contribution >= 4 is 34.0 Å². The second-order valence-corrected chi connectivity index (χ2v) is 7.93. The molecule has 0 bridgehead atoms. The van der Waals surface area contributed by atoms with Crippen molar-refractivity contribution in [2.24, 2.45) is 0 Å². The van der Waals surface area contributed by atoms with E-state index in [-0.39, 0.29) is 12.7 Å². The standard InChI is InChI=1S/C21H18N4O3S/c22-12-15-9-14-10-17-18(28-13-27-17)11-16(14)23-20(15)24-4-2-5-25(7-6-24)21(26)19-3-1-8-29-19/h1,3,8-11H,2,4-7,13H2. The van der Waals surface area contributed by atoms with Gasteiger partial charge in [0.2, 0.25) is 6.79 Å². The fraction of sp³-hybridized carbons (Fsp3) is 0.286. The number of hydrogen-bond donors (Lipinski definition) is 0. The number of thiophene rings is 1. The number of pyridine rings is 1. The number of amides is 1. The molecular weight excluding hydrogens is 388 g/mol. The molecule has 8 heteroatoms. The third-order valence-corrected chi connectivity index (χ3v) is 6.08. The molecule has 7 nitrogen and oxygen atoms in total. The van der Waals surface area contributed by atoms with E-state index in [1.807, 2.05) is 40.6 Å². The van der Waals surface area contributed by atoms with Gasteiger partial charge in [-0.05, 0) is 30.0 Å². The molecule has 5 rings (SSSR count). The van der Waals surface area contributed by atoms with E-state index in [2.05, 4.69) is 11.0 Å². The molecule has 0 unspecified atom stereocenters. The Labute approximate surface area is 171 Å². The van der Waals surface area contributed by atoms with Gasteiger partial charge in [0.15, 0.2) is 11.5 Å². The van der Waals surface area contributed by atoms with E-state index >= 15 is 0 Å². The molecule has 1 aromatic carbocycles. The van der Waals surface area contributed by atoms with Crippen LogP contribution in [-0.2, 0) is 0 Å². The smallest absolute Gasteiger partial charge is 0.263 e. The van der Waals surface area contributed by atoms with Gasteiger partial charge in [-0.25, -0.2) is 4.98 Å². The fourth-order valence-corrected chi connectivity index (χ4v) is 4.46. The van der Waals surface area contributed by atoms with Gasteiger partial charge in [-0.15, -0.1) is 11.3 Å². The number of anilines is 1. The number of fused-ring (bicyclic) bond motifs is 2. The molecule has 146 valence electrons. The molecule has 4 heterocycles. The van der Waals surface area contributed by atoms with Crippen LogP contribution in [0, 0.1) is 11.3 Å². The summed E-state index contributed by atoms with van der Waals surface area (Å²) in [6.45, 7) is 2.87. The summed E-state index contributed by atoms with van der Waals surface area (Å²) in [6.07, 6.45) is 0.822. The molecule has 0 spiro atoms. The van der Waals surface area contributed by atoms with E-state index in [4.69, 9.17) is 14.5 Å². The van der Waals surface area contributed by atoms with Crippen LogP contribution in [0.25, 0.3) is 10.9 Å². The summed E-state index contributed by atoms with van der Waals surface area (Å²) in [5, 5.41) is 12.5. The molecule has 0 radical (unpaired) electrons. The van der Waals surface area contributed by atoms with Crippen molar-refractivity contribution in [1.29, 1.82) is 5.26 Å². The van der Waals surface area contributed by atoms with Crippen molar-refractivity contribution in [2.45, 2.75) is 6.42 Å². The van der Waals surface area contributed by atoms with Gasteiger partial charge in [0.05, 0.1) is 16.0 Å². The molecule has 29 heavy (non-hydrogen) atoms. The molecule has 2 aliphatic heterocycles. The van der Waals surface area contributed by atoms with E-state index in [0.29, 0.717) is 42.5 Å². The maximum atomic E-state index is 12.7. The number of carbonyl (C=O) groups is 1. The second kappa shape index (κ2) is 7.26. The first-order chi connectivity index (χ1) is 14.2. The molecule has 2 aliphatic rings. The first kappa shape index (κ1) is 17.8. The van der Waals surface area contributed by atoms with Gasteiger partial charge < -0.3 is 19.3 Å². The lowest BCUT2D eigenvalue weighted by atomic mass is 10.1. The monoisotopic (exact) mass is 406 g/mol. The maximum absolute atomic E-state index is 12.7. The van der Waals surface area contributed by atoms with Crippen LogP contribution in [0.2, 0.25) is 0 Å². The number of rotatable bonds is 2. The molecule has 0 aliphatic carbocycles. The Morgan fingerprint density at radius 1 is 1.14 bits per heavy atom. The number of hydrogen-bond acceptors (Lipinski definition) is 7. The third-order valence-electron chi connectivity index (χ3n) is 5.22. The van der Waals surface area contributed by atoms with Gasteiger partial charge in [-0.1, -0.05) is 6.07 Å². The van der Waals surface area contributed by atoms with Crippen LogP contribution in [-0.4, -0.2) is 48.8 Å². The Balaban J connectivity index is 1.43. The van der Waals surface area contributed by atoms with Crippen molar-refractivity contribution in [3.8, 4) is 17.6 Å². The summed E-state index contributed by atoms with van der Waals surface area (Å²) in [5.74, 6) is 2.07. The lowest BCUT2D eigenvalue weighted by Crippen LogP contribution is -2.35. The first-order valence-corrected chi connectivity index (χ1v) is 10.3. The largest absolute Gasteiger partial charge is 0.454 e. The van der Waals surface area contributed by atoms with Gasteiger partial charge in [0.25, 0.3) is 5.91 Å². The predicted molar refractivity (Wildman–Crippen MR) is 110 cm³/mol. The van der Waals surface area contributed by atoms with Crippen LogP contribution in [0.1, 0.15) is 21.7 Å². The SMILES string of the molecule is N#Cc1cc2cc3c(cc2nc1N1CCCN(C(=O)c2cccs2)CC1)OCO3. The van der Waals surface area contributed by atoms with Crippen molar-refractivity contribution < 1.29 is 14.3 Å². The van der Waals surface area contributed by atoms with E-state index in [1.54, 1.807) is 0 Å². The van der Waals surface area contributed by atoms with Crippen LogP contribution in [0.4, 0.5) is 5.82 Å². The van der Waals surface area contributed by atoms with Gasteiger partial charge in [-0.3, -0.25) is 4.79 Å². The normalized spacial score (nSPS) is 16.0. The number of nitriles is 1. The van der Waals surface area contributed by atoms with E-state index in [9.17, 15) is 10.1 Å². The van der Waals surface area contributed by atoms with Crippen LogP contribution in [0.3, 0.4) is 0 Å². The summed E-state index contributed by atoms with van der Waals surface area (Å²) in [4.78, 5) is 22.2. The third kappa shape index (κ3) is 3.23. The molecular formula is C21H18N4O3S. The molecule has 0 N–H and O–H groups in total. The van der Waals surface area contributed by atoms with Gasteiger partial charge in [-0.2, -0.15) is 5.26 Å². The second-order valence-electron chi connectivity index (χ2n) is 6.98. The zero-order valence-electron chi connectivity index (χ0n) is 15.6. The topological polar surface area (TPSA) is 78.7 Å². The molecule has 1 fully saturated rings. The summed E-state index contributed by atoms with van der Waals surface area (Å²) in [7, 11) is 0. The Kier molecular flexibility index (Phi) is 4.45. The van der Waals surface area contributed by atoms with Crippen molar-refractivity contribution in [3.63, 3.8) is 0 Å². The highest BCUT2D eigenvalue weighted by Crippen LogP contribution is 2.37. The summed E-state index contributed by atoms with van der Waals surface area (Å²) in [5.41, 5.74) is 1.29. The summed E-state index contributed by atoms with van der Waals surface area (Å²) < 4.78 is 10.9. The average molecular weight is 406 g/mol. The lowest BCUT2D eigenvalue weighted by Gasteiger charge is -2.23. The molecule has 0 saturated carbocycles. The van der Waals surface area contributed by atoms with Crippen molar-refractivity contribution in [3.05, 3.63) is 46.2 Å². The number of aromatic nitrogens is 1. The number of benzene rings is 1. The van der Waals surface area contributed by atoms with Gasteiger partial charge >= 0.3 is 0 Å². The summed E-state index contributed by atoms with van der Waals surface area (Å²) >= 11 is 1.46. The highest BCUT2D eigenvalue weighted by atomic mass is 32.1.